The van der Waals surface area contributed by atoms with Crippen LogP contribution in [0.15, 0.2) is 18.2 Å². The Kier molecular flexibility index (Phi) is 3.16. The summed E-state index contributed by atoms with van der Waals surface area (Å²) >= 11 is 2.04. The van der Waals surface area contributed by atoms with Gasteiger partial charge in [0.2, 0.25) is 0 Å². The average Bonchev–Trinajstić information content (AvgIpc) is 2.44. The monoisotopic (exact) mass is 264 g/mol. The zero-order valence-corrected chi connectivity index (χ0v) is 11.7. The Balaban J connectivity index is 2.04. The summed E-state index contributed by atoms with van der Waals surface area (Å²) in [6.07, 6.45) is 1.23. The largest absolute Gasteiger partial charge is 0.497 e. The number of anilines is 1. The van der Waals surface area contributed by atoms with Crippen LogP contribution in [0.4, 0.5) is 5.69 Å². The first-order valence-corrected chi connectivity index (χ1v) is 7.62. The summed E-state index contributed by atoms with van der Waals surface area (Å²) < 4.78 is 5.33. The van der Waals surface area contributed by atoms with Crippen LogP contribution in [0.2, 0.25) is 0 Å². The lowest BCUT2D eigenvalue weighted by Crippen LogP contribution is -2.50. The first kappa shape index (κ1) is 12.2. The highest BCUT2D eigenvalue weighted by Crippen LogP contribution is 2.44. The fourth-order valence-corrected chi connectivity index (χ4v) is 4.50. The van der Waals surface area contributed by atoms with Gasteiger partial charge in [-0.1, -0.05) is 6.07 Å². The number of thioether (sulfide) groups is 1. The van der Waals surface area contributed by atoms with Crippen LogP contribution in [-0.4, -0.2) is 31.7 Å². The quantitative estimate of drug-likeness (QED) is 0.844. The van der Waals surface area contributed by atoms with E-state index in [1.54, 1.807) is 7.11 Å². The van der Waals surface area contributed by atoms with Crippen molar-refractivity contribution < 1.29 is 4.74 Å². The second-order valence-electron chi connectivity index (χ2n) is 5.16. The van der Waals surface area contributed by atoms with Crippen LogP contribution >= 0.6 is 11.8 Å². The van der Waals surface area contributed by atoms with Crippen molar-refractivity contribution in [2.24, 2.45) is 11.7 Å². The highest BCUT2D eigenvalue weighted by atomic mass is 32.2. The zero-order chi connectivity index (χ0) is 12.7. The van der Waals surface area contributed by atoms with Crippen molar-refractivity contribution in [1.29, 1.82) is 0 Å². The van der Waals surface area contributed by atoms with Crippen molar-refractivity contribution in [3.8, 4) is 5.75 Å². The highest BCUT2D eigenvalue weighted by Gasteiger charge is 2.39. The van der Waals surface area contributed by atoms with E-state index < -0.39 is 0 Å². The maximum Gasteiger partial charge on any atom is 0.120 e. The Morgan fingerprint density at radius 3 is 3.06 bits per heavy atom. The van der Waals surface area contributed by atoms with Gasteiger partial charge < -0.3 is 15.4 Å². The Hall–Kier alpha value is -0.870. The van der Waals surface area contributed by atoms with Crippen molar-refractivity contribution in [3.63, 3.8) is 0 Å². The summed E-state index contributed by atoms with van der Waals surface area (Å²) in [5.74, 6) is 3.92. The maximum absolute atomic E-state index is 6.47. The second-order valence-corrected chi connectivity index (χ2v) is 6.31. The number of methoxy groups -OCH3 is 1. The van der Waals surface area contributed by atoms with Crippen LogP contribution in [0.25, 0.3) is 0 Å². The molecule has 18 heavy (non-hydrogen) atoms. The van der Waals surface area contributed by atoms with E-state index in [-0.39, 0.29) is 6.04 Å². The Morgan fingerprint density at radius 1 is 1.44 bits per heavy atom. The molecule has 0 amide bonds. The van der Waals surface area contributed by atoms with Crippen LogP contribution in [0.3, 0.4) is 0 Å². The molecule has 0 bridgehead atoms. The molecule has 98 valence electrons. The van der Waals surface area contributed by atoms with Gasteiger partial charge in [0.25, 0.3) is 0 Å². The molecule has 2 heterocycles. The molecule has 0 aromatic heterocycles. The van der Waals surface area contributed by atoms with Crippen molar-refractivity contribution in [2.45, 2.75) is 18.5 Å². The fourth-order valence-electron chi connectivity index (χ4n) is 3.22. The van der Waals surface area contributed by atoms with Gasteiger partial charge in [0.1, 0.15) is 5.75 Å². The Labute approximate surface area is 113 Å². The average molecular weight is 264 g/mol. The first-order chi connectivity index (χ1) is 8.72. The van der Waals surface area contributed by atoms with Crippen LogP contribution in [-0.2, 0) is 0 Å². The summed E-state index contributed by atoms with van der Waals surface area (Å²) in [7, 11) is 3.91. The van der Waals surface area contributed by atoms with Gasteiger partial charge in [0.15, 0.2) is 0 Å². The summed E-state index contributed by atoms with van der Waals surface area (Å²) in [6.45, 7) is 0. The number of rotatable bonds is 1. The molecule has 1 aromatic rings. The molecule has 2 aliphatic rings. The van der Waals surface area contributed by atoms with E-state index in [9.17, 15) is 0 Å². The third kappa shape index (κ3) is 1.79. The number of hydrogen-bond acceptors (Lipinski definition) is 4. The third-order valence-corrected chi connectivity index (χ3v) is 5.44. The molecular formula is C14H20N2OS. The number of nitrogens with zero attached hydrogens (tertiary/aromatic N) is 1. The van der Waals surface area contributed by atoms with E-state index >= 15 is 0 Å². The van der Waals surface area contributed by atoms with Gasteiger partial charge in [-0.2, -0.15) is 11.8 Å². The topological polar surface area (TPSA) is 38.5 Å². The summed E-state index contributed by atoms with van der Waals surface area (Å²) in [4.78, 5) is 2.41. The lowest BCUT2D eigenvalue weighted by Gasteiger charge is -2.47. The SMILES string of the molecule is COc1ccc2c(c1)N(C)C1CCSCC1C2N. The van der Waals surface area contributed by atoms with Gasteiger partial charge in [-0.25, -0.2) is 0 Å². The molecule has 1 saturated heterocycles. The molecule has 1 fully saturated rings. The molecule has 0 aliphatic carbocycles. The molecule has 3 rings (SSSR count). The lowest BCUT2D eigenvalue weighted by molar-refractivity contribution is 0.345. The molecular weight excluding hydrogens is 244 g/mol. The van der Waals surface area contributed by atoms with Gasteiger partial charge in [-0.15, -0.1) is 0 Å². The smallest absolute Gasteiger partial charge is 0.120 e. The number of hydrogen-bond donors (Lipinski definition) is 1. The van der Waals surface area contributed by atoms with Crippen LogP contribution in [0, 0.1) is 5.92 Å². The van der Waals surface area contributed by atoms with Crippen LogP contribution in [0.5, 0.6) is 5.75 Å². The van der Waals surface area contributed by atoms with Gasteiger partial charge in [0.05, 0.1) is 7.11 Å². The molecule has 0 saturated carbocycles. The Bertz CT molecular complexity index is 451. The maximum atomic E-state index is 6.47. The van der Waals surface area contributed by atoms with Crippen molar-refractivity contribution in [2.75, 3.05) is 30.6 Å². The fraction of sp³-hybridized carbons (Fsp3) is 0.571. The summed E-state index contributed by atoms with van der Waals surface area (Å²) in [6, 6.07) is 7.02. The summed E-state index contributed by atoms with van der Waals surface area (Å²) in [5, 5.41) is 0. The van der Waals surface area contributed by atoms with E-state index in [1.807, 2.05) is 17.8 Å². The predicted octanol–water partition coefficient (Wildman–Crippen LogP) is 2.27. The van der Waals surface area contributed by atoms with E-state index in [2.05, 4.69) is 24.1 Å². The van der Waals surface area contributed by atoms with Crippen molar-refractivity contribution in [1.82, 2.24) is 0 Å². The third-order valence-electron chi connectivity index (χ3n) is 4.30. The van der Waals surface area contributed by atoms with E-state index in [0.717, 1.165) is 5.75 Å². The molecule has 3 nitrogen and oxygen atoms in total. The Morgan fingerprint density at radius 2 is 2.28 bits per heavy atom. The molecule has 0 spiro atoms. The molecule has 2 aliphatic heterocycles. The number of benzene rings is 1. The minimum Gasteiger partial charge on any atom is -0.497 e. The second kappa shape index (κ2) is 4.67. The van der Waals surface area contributed by atoms with Gasteiger partial charge in [-0.05, 0) is 29.6 Å². The standard InChI is InChI=1S/C14H20N2OS/c1-16-12-5-6-18-8-11(12)14(15)10-4-3-9(17-2)7-13(10)16/h3-4,7,11-12,14H,5-6,8,15H2,1-2H3. The molecule has 1 aromatic carbocycles. The summed E-state index contributed by atoms with van der Waals surface area (Å²) in [5.41, 5.74) is 8.99. The van der Waals surface area contributed by atoms with Gasteiger partial charge in [0, 0.05) is 36.8 Å². The van der Waals surface area contributed by atoms with Crippen molar-refractivity contribution in [3.05, 3.63) is 23.8 Å². The predicted molar refractivity (Wildman–Crippen MR) is 77.5 cm³/mol. The van der Waals surface area contributed by atoms with E-state index in [1.165, 1.54) is 29.2 Å². The molecule has 4 heteroatoms. The van der Waals surface area contributed by atoms with E-state index in [0.29, 0.717) is 12.0 Å². The highest BCUT2D eigenvalue weighted by molar-refractivity contribution is 7.99. The molecule has 2 N–H and O–H groups in total. The molecule has 3 atom stereocenters. The normalized spacial score (nSPS) is 30.6. The van der Waals surface area contributed by atoms with Crippen LogP contribution < -0.4 is 15.4 Å². The lowest BCUT2D eigenvalue weighted by atomic mass is 9.81. The number of ether oxygens (including phenoxy) is 1. The van der Waals surface area contributed by atoms with Gasteiger partial charge in [-0.3, -0.25) is 0 Å². The van der Waals surface area contributed by atoms with Gasteiger partial charge >= 0.3 is 0 Å². The molecule has 0 radical (unpaired) electrons. The minimum absolute atomic E-state index is 0.167. The van der Waals surface area contributed by atoms with Crippen LogP contribution in [0.1, 0.15) is 18.0 Å². The first-order valence-electron chi connectivity index (χ1n) is 6.46. The van der Waals surface area contributed by atoms with Crippen molar-refractivity contribution >= 4 is 17.4 Å². The minimum atomic E-state index is 0.167. The number of nitrogens with two attached hydrogens (primary N) is 1. The molecule has 3 unspecified atom stereocenters. The van der Waals surface area contributed by atoms with E-state index in [4.69, 9.17) is 10.5 Å². The zero-order valence-electron chi connectivity index (χ0n) is 10.9. The number of fused-ring (bicyclic) bond motifs is 2.